The molecule has 1 N–H and O–H groups in total. The van der Waals surface area contributed by atoms with Crippen LogP contribution in [0.3, 0.4) is 0 Å². The molecule has 0 saturated carbocycles. The summed E-state index contributed by atoms with van der Waals surface area (Å²) in [6.07, 6.45) is 1.68. The monoisotopic (exact) mass is 433 g/mol. The molecule has 31 heavy (non-hydrogen) atoms. The summed E-state index contributed by atoms with van der Waals surface area (Å²) in [6.45, 7) is 4.05. The number of aromatic nitrogens is 3. The van der Waals surface area contributed by atoms with Gasteiger partial charge in [0.1, 0.15) is 0 Å². The number of benzene rings is 1. The molecule has 0 bridgehead atoms. The molecule has 0 unspecified atom stereocenters. The summed E-state index contributed by atoms with van der Waals surface area (Å²) < 4.78 is 1.82. The van der Waals surface area contributed by atoms with Crippen molar-refractivity contribution in [3.63, 3.8) is 0 Å². The van der Waals surface area contributed by atoms with Crippen LogP contribution in [0.4, 0.5) is 5.69 Å². The Labute approximate surface area is 184 Å². The molecule has 2 amide bonds. The van der Waals surface area contributed by atoms with Gasteiger partial charge in [0.2, 0.25) is 0 Å². The molecule has 158 valence electrons. The molecule has 3 aromatic heterocycles. The van der Waals surface area contributed by atoms with E-state index in [1.54, 1.807) is 62.0 Å². The standard InChI is InChI=1S/C23H23N5O2S/c1-14(2)28-21-18(13-24-28)17(12-19(26-21)20-9-6-10-31-20)22(29)25-16-8-5-7-15(11-16)23(30)27(3)4/h5-14H,1-4H3,(H,25,29). The van der Waals surface area contributed by atoms with Crippen LogP contribution in [0, 0.1) is 0 Å². The van der Waals surface area contributed by atoms with Crippen molar-refractivity contribution in [3.05, 3.63) is 65.2 Å². The lowest BCUT2D eigenvalue weighted by molar-refractivity contribution is 0.0827. The fourth-order valence-corrected chi connectivity index (χ4v) is 4.01. The minimum absolute atomic E-state index is 0.105. The molecule has 0 saturated heterocycles. The van der Waals surface area contributed by atoms with E-state index in [2.05, 4.69) is 10.4 Å². The number of nitrogens with one attached hydrogen (secondary N) is 1. The molecule has 0 fully saturated rings. The van der Waals surface area contributed by atoms with Crippen molar-refractivity contribution in [2.45, 2.75) is 19.9 Å². The van der Waals surface area contributed by atoms with Crippen LogP contribution in [0.2, 0.25) is 0 Å². The van der Waals surface area contributed by atoms with Crippen LogP contribution < -0.4 is 5.32 Å². The third-order valence-electron chi connectivity index (χ3n) is 4.85. The van der Waals surface area contributed by atoms with Crippen molar-refractivity contribution in [2.75, 3.05) is 19.4 Å². The lowest BCUT2D eigenvalue weighted by Crippen LogP contribution is -2.22. The smallest absolute Gasteiger partial charge is 0.256 e. The fraction of sp³-hybridized carbons (Fsp3) is 0.217. The lowest BCUT2D eigenvalue weighted by Gasteiger charge is -2.13. The Morgan fingerprint density at radius 3 is 2.61 bits per heavy atom. The van der Waals surface area contributed by atoms with Gasteiger partial charge in [-0.05, 0) is 49.6 Å². The summed E-state index contributed by atoms with van der Waals surface area (Å²) in [5.74, 6) is -0.399. The minimum atomic E-state index is -0.275. The Kier molecular flexibility index (Phi) is 5.56. The Morgan fingerprint density at radius 1 is 1.13 bits per heavy atom. The van der Waals surface area contributed by atoms with Gasteiger partial charge in [0.15, 0.2) is 5.65 Å². The topological polar surface area (TPSA) is 80.1 Å². The second-order valence-electron chi connectivity index (χ2n) is 7.69. The molecule has 0 spiro atoms. The summed E-state index contributed by atoms with van der Waals surface area (Å²) in [5.41, 5.74) is 2.95. The lowest BCUT2D eigenvalue weighted by atomic mass is 10.1. The molecule has 4 aromatic rings. The average Bonchev–Trinajstić information content (AvgIpc) is 3.42. The number of rotatable bonds is 5. The number of anilines is 1. The number of nitrogens with zero attached hydrogens (tertiary/aromatic N) is 4. The maximum Gasteiger partial charge on any atom is 0.256 e. The number of carbonyl (C=O) groups is 2. The molecule has 8 heteroatoms. The summed E-state index contributed by atoms with van der Waals surface area (Å²) in [5, 5.41) is 10.0. The first-order valence-electron chi connectivity index (χ1n) is 9.90. The van der Waals surface area contributed by atoms with Crippen LogP contribution in [0.15, 0.2) is 54.0 Å². The predicted molar refractivity (Wildman–Crippen MR) is 124 cm³/mol. The molecule has 1 aromatic carbocycles. The van der Waals surface area contributed by atoms with Crippen molar-refractivity contribution in [1.82, 2.24) is 19.7 Å². The summed E-state index contributed by atoms with van der Waals surface area (Å²) in [7, 11) is 3.39. The molecule has 7 nitrogen and oxygen atoms in total. The van der Waals surface area contributed by atoms with Crippen LogP contribution in [-0.2, 0) is 0 Å². The zero-order chi connectivity index (χ0) is 22.1. The SMILES string of the molecule is CC(C)n1ncc2c(C(=O)Nc3cccc(C(=O)N(C)C)c3)cc(-c3cccs3)nc21. The quantitative estimate of drug-likeness (QED) is 0.495. The molecule has 4 rings (SSSR count). The Hall–Kier alpha value is -3.52. The van der Waals surface area contributed by atoms with Gasteiger partial charge in [-0.25, -0.2) is 9.67 Å². The van der Waals surface area contributed by atoms with Crippen molar-refractivity contribution in [2.24, 2.45) is 0 Å². The van der Waals surface area contributed by atoms with E-state index in [9.17, 15) is 9.59 Å². The average molecular weight is 434 g/mol. The van der Waals surface area contributed by atoms with E-state index in [4.69, 9.17) is 4.98 Å². The first-order valence-corrected chi connectivity index (χ1v) is 10.8. The summed E-state index contributed by atoms with van der Waals surface area (Å²) in [6, 6.07) is 12.8. The number of hydrogen-bond donors (Lipinski definition) is 1. The Bertz CT molecular complexity index is 1260. The van der Waals surface area contributed by atoms with Gasteiger partial charge in [-0.1, -0.05) is 12.1 Å². The van der Waals surface area contributed by atoms with Gasteiger partial charge in [0.25, 0.3) is 11.8 Å². The zero-order valence-corrected chi connectivity index (χ0v) is 18.6. The predicted octanol–water partition coefficient (Wildman–Crippen LogP) is 4.69. The first-order chi connectivity index (χ1) is 14.8. The third kappa shape index (κ3) is 4.06. The highest BCUT2D eigenvalue weighted by molar-refractivity contribution is 7.13. The Morgan fingerprint density at radius 2 is 1.94 bits per heavy atom. The largest absolute Gasteiger partial charge is 0.345 e. The number of thiophene rings is 1. The highest BCUT2D eigenvalue weighted by atomic mass is 32.1. The number of amides is 2. The normalized spacial score (nSPS) is 11.1. The number of fused-ring (bicyclic) bond motifs is 1. The molecule has 0 atom stereocenters. The molecular formula is C23H23N5O2S. The number of hydrogen-bond acceptors (Lipinski definition) is 5. The second kappa shape index (κ2) is 8.31. The van der Waals surface area contributed by atoms with Crippen LogP contribution in [0.25, 0.3) is 21.6 Å². The van der Waals surface area contributed by atoms with Crippen molar-refractivity contribution in [1.29, 1.82) is 0 Å². The van der Waals surface area contributed by atoms with Gasteiger partial charge in [-0.3, -0.25) is 9.59 Å². The Balaban J connectivity index is 1.76. The maximum absolute atomic E-state index is 13.3. The van der Waals surface area contributed by atoms with E-state index in [1.165, 1.54) is 4.90 Å². The molecule has 0 aliphatic heterocycles. The van der Waals surface area contributed by atoms with Crippen LogP contribution in [0.5, 0.6) is 0 Å². The van der Waals surface area contributed by atoms with Crippen molar-refractivity contribution < 1.29 is 9.59 Å². The van der Waals surface area contributed by atoms with Gasteiger partial charge in [-0.15, -0.1) is 11.3 Å². The van der Waals surface area contributed by atoms with Gasteiger partial charge in [0, 0.05) is 31.4 Å². The van der Waals surface area contributed by atoms with Gasteiger partial charge < -0.3 is 10.2 Å². The first kappa shape index (κ1) is 20.7. The molecule has 0 aliphatic rings. The van der Waals surface area contributed by atoms with Gasteiger partial charge >= 0.3 is 0 Å². The van der Waals surface area contributed by atoms with E-state index >= 15 is 0 Å². The molecule has 0 radical (unpaired) electrons. The maximum atomic E-state index is 13.3. The van der Waals surface area contributed by atoms with Crippen molar-refractivity contribution in [3.8, 4) is 10.6 Å². The van der Waals surface area contributed by atoms with Crippen LogP contribution >= 0.6 is 11.3 Å². The van der Waals surface area contributed by atoms with E-state index in [0.29, 0.717) is 27.8 Å². The van der Waals surface area contributed by atoms with Crippen molar-refractivity contribution >= 4 is 39.9 Å². The van der Waals surface area contributed by atoms with E-state index in [0.717, 1.165) is 10.6 Å². The van der Waals surface area contributed by atoms with E-state index < -0.39 is 0 Å². The minimum Gasteiger partial charge on any atom is -0.345 e. The zero-order valence-electron chi connectivity index (χ0n) is 17.8. The van der Waals surface area contributed by atoms with Crippen LogP contribution in [-0.4, -0.2) is 45.6 Å². The molecular weight excluding hydrogens is 410 g/mol. The van der Waals surface area contributed by atoms with Crippen LogP contribution in [0.1, 0.15) is 40.6 Å². The number of carbonyl (C=O) groups excluding carboxylic acids is 2. The summed E-state index contributed by atoms with van der Waals surface area (Å²) >= 11 is 1.57. The van der Waals surface area contributed by atoms with Gasteiger partial charge in [-0.2, -0.15) is 5.10 Å². The van der Waals surface area contributed by atoms with Gasteiger partial charge in [0.05, 0.1) is 27.7 Å². The highest BCUT2D eigenvalue weighted by Gasteiger charge is 2.19. The third-order valence-corrected chi connectivity index (χ3v) is 5.74. The number of pyridine rings is 1. The summed E-state index contributed by atoms with van der Waals surface area (Å²) in [4.78, 5) is 32.8. The van der Waals surface area contributed by atoms with E-state index in [-0.39, 0.29) is 17.9 Å². The second-order valence-corrected chi connectivity index (χ2v) is 8.63. The fourth-order valence-electron chi connectivity index (χ4n) is 3.32. The highest BCUT2D eigenvalue weighted by Crippen LogP contribution is 2.29. The molecule has 3 heterocycles. The molecule has 0 aliphatic carbocycles. The van der Waals surface area contributed by atoms with E-state index in [1.807, 2.05) is 36.0 Å².